The zero-order chi connectivity index (χ0) is 19.9. The van der Waals surface area contributed by atoms with Gasteiger partial charge in [-0.1, -0.05) is 49.3 Å². The van der Waals surface area contributed by atoms with E-state index in [1.165, 1.54) is 0 Å². The summed E-state index contributed by atoms with van der Waals surface area (Å²) in [5.41, 5.74) is 0. The third kappa shape index (κ3) is 16.1. The zero-order valence-electron chi connectivity index (χ0n) is 15.8. The predicted octanol–water partition coefficient (Wildman–Crippen LogP) is 2.11. The van der Waals surface area contributed by atoms with Gasteiger partial charge in [-0.2, -0.15) is 0 Å². The first kappa shape index (κ1) is 24.6. The molecule has 150 valence electrons. The number of urea groups is 2. The van der Waals surface area contributed by atoms with E-state index in [1.54, 1.807) is 0 Å². The molecule has 8 nitrogen and oxygen atoms in total. The Labute approximate surface area is 163 Å². The van der Waals surface area contributed by atoms with Crippen LogP contribution in [0.2, 0.25) is 0 Å². The third-order valence-corrected chi connectivity index (χ3v) is 5.12. The lowest BCUT2D eigenvalue weighted by Crippen LogP contribution is -2.41. The monoisotopic (exact) mass is 406 g/mol. The number of nitrogens with one attached hydrogen (secondary N) is 4. The smallest absolute Gasteiger partial charge is 0.321 e. The van der Waals surface area contributed by atoms with E-state index in [0.29, 0.717) is 24.9 Å². The fraction of sp³-hybridized carbons (Fsp3) is 0.750. The first-order valence-corrected chi connectivity index (χ1v) is 11.1. The highest BCUT2D eigenvalue weighted by Gasteiger charge is 2.10. The topological polar surface area (TPSA) is 116 Å². The molecule has 0 unspecified atom stereocenters. The Morgan fingerprint density at radius 1 is 0.692 bits per heavy atom. The van der Waals surface area contributed by atoms with Gasteiger partial charge in [0.1, 0.15) is 0 Å². The van der Waals surface area contributed by atoms with Gasteiger partial charge in [-0.25, -0.2) is 9.59 Å². The minimum Gasteiger partial charge on any atom is -0.338 e. The molecular weight excluding hydrogens is 376 g/mol. The number of carbonyl (C=O) groups excluding carboxylic acids is 4. The van der Waals surface area contributed by atoms with Crippen molar-refractivity contribution in [2.75, 3.05) is 24.6 Å². The van der Waals surface area contributed by atoms with Crippen LogP contribution in [-0.2, 0) is 9.59 Å². The number of imide groups is 2. The van der Waals surface area contributed by atoms with Crippen molar-refractivity contribution >= 4 is 45.5 Å². The summed E-state index contributed by atoms with van der Waals surface area (Å²) in [6.45, 7) is 9.21. The zero-order valence-corrected chi connectivity index (χ0v) is 17.5. The minimum absolute atomic E-state index is 0.0378. The summed E-state index contributed by atoms with van der Waals surface area (Å²) in [6.07, 6.45) is 1.68. The number of hydrogen-bond acceptors (Lipinski definition) is 6. The van der Waals surface area contributed by atoms with Crippen molar-refractivity contribution in [1.82, 2.24) is 21.3 Å². The van der Waals surface area contributed by atoms with Crippen LogP contribution in [0, 0.1) is 11.8 Å². The summed E-state index contributed by atoms with van der Waals surface area (Å²) in [6, 6.07) is -1.03. The van der Waals surface area contributed by atoms with E-state index < -0.39 is 23.9 Å². The number of hydrogen-bond donors (Lipinski definition) is 4. The molecule has 0 radical (unpaired) electrons. The average molecular weight is 407 g/mol. The fourth-order valence-corrected chi connectivity index (χ4v) is 3.22. The van der Waals surface area contributed by atoms with E-state index in [4.69, 9.17) is 0 Å². The second kappa shape index (κ2) is 14.7. The maximum atomic E-state index is 11.6. The molecule has 10 heteroatoms. The van der Waals surface area contributed by atoms with Gasteiger partial charge in [0.25, 0.3) is 0 Å². The Kier molecular flexibility index (Phi) is 13.9. The van der Waals surface area contributed by atoms with Crippen LogP contribution in [0.3, 0.4) is 0 Å². The van der Waals surface area contributed by atoms with Gasteiger partial charge in [0.2, 0.25) is 11.8 Å². The quantitative estimate of drug-likeness (QED) is 0.308. The molecule has 0 aliphatic rings. The van der Waals surface area contributed by atoms with E-state index in [0.717, 1.165) is 34.4 Å². The van der Waals surface area contributed by atoms with Gasteiger partial charge >= 0.3 is 12.1 Å². The molecule has 0 rings (SSSR count). The first-order valence-electron chi connectivity index (χ1n) is 8.60. The fourth-order valence-electron chi connectivity index (χ4n) is 1.55. The van der Waals surface area contributed by atoms with Gasteiger partial charge in [-0.15, -0.1) is 0 Å². The molecule has 6 amide bonds. The molecule has 0 bridgehead atoms. The molecule has 0 spiro atoms. The van der Waals surface area contributed by atoms with E-state index in [1.807, 2.05) is 27.7 Å². The lowest BCUT2D eigenvalue weighted by Gasteiger charge is -2.08. The van der Waals surface area contributed by atoms with Crippen molar-refractivity contribution in [1.29, 1.82) is 0 Å². The molecule has 0 fully saturated rings. The molecule has 0 atom stereocenters. The largest absolute Gasteiger partial charge is 0.338 e. The van der Waals surface area contributed by atoms with Crippen LogP contribution < -0.4 is 21.3 Å². The third-order valence-electron chi connectivity index (χ3n) is 2.98. The molecule has 26 heavy (non-hydrogen) atoms. The average Bonchev–Trinajstić information content (AvgIpc) is 2.50. The van der Waals surface area contributed by atoms with Gasteiger partial charge in [0.05, 0.1) is 11.5 Å². The van der Waals surface area contributed by atoms with Crippen LogP contribution in [0.15, 0.2) is 0 Å². The molecular formula is C16H30N4O4S2. The molecule has 0 aromatic heterocycles. The lowest BCUT2D eigenvalue weighted by molar-refractivity contribution is -0.118. The standard InChI is InChI=1S/C16H30N4O4S2/c1-11(2)5-7-17-15(23)19-13(21)9-25-26-10-14(22)20-16(24)18-8-6-12(3)4/h11-12H,5-10H2,1-4H3,(H2,17,19,21,23)(H2,18,20,22,24). The van der Waals surface area contributed by atoms with Crippen molar-refractivity contribution in [2.45, 2.75) is 40.5 Å². The number of amides is 6. The number of rotatable bonds is 11. The molecule has 0 aliphatic carbocycles. The van der Waals surface area contributed by atoms with Gasteiger partial charge in [0, 0.05) is 13.1 Å². The summed E-state index contributed by atoms with van der Waals surface area (Å²) in [4.78, 5) is 46.1. The van der Waals surface area contributed by atoms with E-state index in [9.17, 15) is 19.2 Å². The Bertz CT molecular complexity index is 431. The Balaban J connectivity index is 3.71. The van der Waals surface area contributed by atoms with Crippen molar-refractivity contribution in [3.63, 3.8) is 0 Å². The Hall–Kier alpha value is -1.42. The summed E-state index contributed by atoms with van der Waals surface area (Å²) in [5, 5.41) is 9.64. The Morgan fingerprint density at radius 3 is 1.35 bits per heavy atom. The summed E-state index contributed by atoms with van der Waals surface area (Å²) < 4.78 is 0. The van der Waals surface area contributed by atoms with Crippen LogP contribution in [0.25, 0.3) is 0 Å². The second-order valence-electron chi connectivity index (χ2n) is 6.50. The molecule has 0 aliphatic heterocycles. The molecule has 0 aromatic rings. The Morgan fingerprint density at radius 2 is 1.04 bits per heavy atom. The summed E-state index contributed by atoms with van der Waals surface area (Å²) in [5.74, 6) is 0.155. The van der Waals surface area contributed by atoms with Gasteiger partial charge in [-0.05, 0) is 24.7 Å². The maximum Gasteiger partial charge on any atom is 0.321 e. The van der Waals surface area contributed by atoms with Crippen molar-refractivity contribution < 1.29 is 19.2 Å². The van der Waals surface area contributed by atoms with E-state index >= 15 is 0 Å². The summed E-state index contributed by atoms with van der Waals surface area (Å²) in [7, 11) is 2.28. The first-order chi connectivity index (χ1) is 12.2. The molecule has 4 N–H and O–H groups in total. The van der Waals surface area contributed by atoms with Crippen LogP contribution >= 0.6 is 21.6 Å². The van der Waals surface area contributed by atoms with E-state index in [2.05, 4.69) is 21.3 Å². The summed E-state index contributed by atoms with van der Waals surface area (Å²) >= 11 is 0. The van der Waals surface area contributed by atoms with Crippen LogP contribution in [0.5, 0.6) is 0 Å². The van der Waals surface area contributed by atoms with Crippen molar-refractivity contribution in [3.8, 4) is 0 Å². The minimum atomic E-state index is -0.517. The van der Waals surface area contributed by atoms with Crippen molar-refractivity contribution in [3.05, 3.63) is 0 Å². The van der Waals surface area contributed by atoms with Crippen LogP contribution in [0.4, 0.5) is 9.59 Å². The highest BCUT2D eigenvalue weighted by Crippen LogP contribution is 2.19. The highest BCUT2D eigenvalue weighted by molar-refractivity contribution is 8.77. The molecule has 0 saturated carbocycles. The van der Waals surface area contributed by atoms with Crippen LogP contribution in [-0.4, -0.2) is 48.5 Å². The highest BCUT2D eigenvalue weighted by atomic mass is 33.1. The molecule has 0 heterocycles. The van der Waals surface area contributed by atoms with Gasteiger partial charge < -0.3 is 10.6 Å². The second-order valence-corrected chi connectivity index (χ2v) is 8.96. The van der Waals surface area contributed by atoms with Gasteiger partial charge in [-0.3, -0.25) is 20.2 Å². The maximum absolute atomic E-state index is 11.6. The number of carbonyl (C=O) groups is 4. The van der Waals surface area contributed by atoms with Gasteiger partial charge in [0.15, 0.2) is 0 Å². The van der Waals surface area contributed by atoms with Crippen molar-refractivity contribution in [2.24, 2.45) is 11.8 Å². The SMILES string of the molecule is CC(C)CCNC(=O)NC(=O)CSSCC(=O)NC(=O)NCCC(C)C. The van der Waals surface area contributed by atoms with Crippen LogP contribution in [0.1, 0.15) is 40.5 Å². The van der Waals surface area contributed by atoms with E-state index in [-0.39, 0.29) is 11.5 Å². The lowest BCUT2D eigenvalue weighted by atomic mass is 10.1. The predicted molar refractivity (Wildman–Crippen MR) is 107 cm³/mol. The normalized spacial score (nSPS) is 10.5. The molecule has 0 aromatic carbocycles. The molecule has 0 saturated heterocycles.